The van der Waals surface area contributed by atoms with Crippen LogP contribution in [0.2, 0.25) is 0 Å². The molecule has 23 heavy (non-hydrogen) atoms. The molecule has 3 aromatic carbocycles. The summed E-state index contributed by atoms with van der Waals surface area (Å²) in [6, 6.07) is 20.6. The van der Waals surface area contributed by atoms with Gasteiger partial charge < -0.3 is 4.98 Å². The number of fused-ring (bicyclic) bond motifs is 1. The lowest BCUT2D eigenvalue weighted by Crippen LogP contribution is -1.87. The zero-order valence-electron chi connectivity index (χ0n) is 12.1. The molecule has 4 rings (SSSR count). The Morgan fingerprint density at radius 3 is 2.43 bits per heavy atom. The fourth-order valence-corrected chi connectivity index (χ4v) is 3.28. The number of aromatic nitrogens is 2. The molecular formula is C19H12BrFN2. The Morgan fingerprint density at radius 2 is 1.65 bits per heavy atom. The molecule has 0 aliphatic heterocycles. The Balaban J connectivity index is 1.97. The van der Waals surface area contributed by atoms with E-state index in [2.05, 4.69) is 20.9 Å². The van der Waals surface area contributed by atoms with Crippen LogP contribution in [0.4, 0.5) is 4.39 Å². The minimum Gasteiger partial charge on any atom is -0.338 e. The molecule has 112 valence electrons. The van der Waals surface area contributed by atoms with Gasteiger partial charge in [0.05, 0.1) is 11.0 Å². The van der Waals surface area contributed by atoms with Crippen molar-refractivity contribution in [2.45, 2.75) is 0 Å². The molecule has 0 aliphatic rings. The first-order valence-corrected chi connectivity index (χ1v) is 8.02. The van der Waals surface area contributed by atoms with Gasteiger partial charge in [0.1, 0.15) is 11.6 Å². The van der Waals surface area contributed by atoms with E-state index in [-0.39, 0.29) is 5.82 Å². The molecular weight excluding hydrogens is 355 g/mol. The number of benzene rings is 3. The van der Waals surface area contributed by atoms with Gasteiger partial charge in [0.2, 0.25) is 0 Å². The Morgan fingerprint density at radius 1 is 0.870 bits per heavy atom. The summed E-state index contributed by atoms with van der Waals surface area (Å²) >= 11 is 3.44. The molecule has 1 heterocycles. The third kappa shape index (κ3) is 2.45. The van der Waals surface area contributed by atoms with Gasteiger partial charge in [0, 0.05) is 21.2 Å². The van der Waals surface area contributed by atoms with E-state index in [1.165, 1.54) is 6.07 Å². The number of nitrogens with one attached hydrogen (secondary N) is 1. The van der Waals surface area contributed by atoms with Crippen LogP contribution in [0.5, 0.6) is 0 Å². The predicted molar refractivity (Wildman–Crippen MR) is 94.6 cm³/mol. The molecule has 1 N–H and O–H groups in total. The molecule has 0 saturated heterocycles. The van der Waals surface area contributed by atoms with Crippen LogP contribution in [0.15, 0.2) is 71.2 Å². The van der Waals surface area contributed by atoms with Gasteiger partial charge in [-0.1, -0.05) is 64.5 Å². The van der Waals surface area contributed by atoms with Gasteiger partial charge in [-0.3, -0.25) is 0 Å². The molecule has 0 fully saturated rings. The maximum atomic E-state index is 14.3. The van der Waals surface area contributed by atoms with E-state index < -0.39 is 0 Å². The Bertz CT molecular complexity index is 973. The Kier molecular flexibility index (Phi) is 3.46. The van der Waals surface area contributed by atoms with E-state index in [4.69, 9.17) is 4.98 Å². The molecule has 2 nitrogen and oxygen atoms in total. The smallest absolute Gasteiger partial charge is 0.138 e. The first-order chi connectivity index (χ1) is 11.2. The summed E-state index contributed by atoms with van der Waals surface area (Å²) in [5.41, 5.74) is 3.95. The van der Waals surface area contributed by atoms with Crippen molar-refractivity contribution in [3.63, 3.8) is 0 Å². The van der Waals surface area contributed by atoms with Crippen LogP contribution in [0.1, 0.15) is 0 Å². The van der Waals surface area contributed by atoms with Crippen molar-refractivity contribution < 1.29 is 4.39 Å². The van der Waals surface area contributed by atoms with Crippen LogP contribution in [0.25, 0.3) is 33.5 Å². The maximum Gasteiger partial charge on any atom is 0.138 e. The average molecular weight is 367 g/mol. The standard InChI is InChI=1S/C19H12BrFN2/c20-14-9-5-10-15(21)17(14)13-8-4-11-16-18(13)23-19(22-16)12-6-2-1-3-7-12/h1-11H,(H,22,23). The van der Waals surface area contributed by atoms with Crippen molar-refractivity contribution in [3.05, 3.63) is 77.0 Å². The normalized spacial score (nSPS) is 11.0. The lowest BCUT2D eigenvalue weighted by molar-refractivity contribution is 0.630. The van der Waals surface area contributed by atoms with E-state index in [1.807, 2.05) is 54.6 Å². The van der Waals surface area contributed by atoms with Crippen LogP contribution in [0.3, 0.4) is 0 Å². The zero-order chi connectivity index (χ0) is 15.8. The van der Waals surface area contributed by atoms with Crippen molar-refractivity contribution in [1.82, 2.24) is 9.97 Å². The van der Waals surface area contributed by atoms with Crippen LogP contribution in [0, 0.1) is 5.82 Å². The van der Waals surface area contributed by atoms with Gasteiger partial charge in [-0.2, -0.15) is 0 Å². The largest absolute Gasteiger partial charge is 0.338 e. The SMILES string of the molecule is Fc1cccc(Br)c1-c1cccc2[nH]c(-c3ccccc3)nc12. The van der Waals surface area contributed by atoms with Crippen molar-refractivity contribution in [3.8, 4) is 22.5 Å². The third-order valence-electron chi connectivity index (χ3n) is 3.79. The summed E-state index contributed by atoms with van der Waals surface area (Å²) in [6.07, 6.45) is 0. The first kappa shape index (κ1) is 14.2. The molecule has 0 aliphatic carbocycles. The van der Waals surface area contributed by atoms with Crippen LogP contribution >= 0.6 is 15.9 Å². The number of imidazole rings is 1. The quantitative estimate of drug-likeness (QED) is 0.477. The number of hydrogen-bond donors (Lipinski definition) is 1. The molecule has 0 atom stereocenters. The Hall–Kier alpha value is -2.46. The fourth-order valence-electron chi connectivity index (χ4n) is 2.72. The number of H-pyrrole nitrogens is 1. The molecule has 0 spiro atoms. The summed E-state index contributed by atoms with van der Waals surface area (Å²) in [6.45, 7) is 0. The summed E-state index contributed by atoms with van der Waals surface area (Å²) < 4.78 is 15.0. The van der Waals surface area contributed by atoms with Gasteiger partial charge in [0.25, 0.3) is 0 Å². The fraction of sp³-hybridized carbons (Fsp3) is 0. The summed E-state index contributed by atoms with van der Waals surface area (Å²) in [7, 11) is 0. The lowest BCUT2D eigenvalue weighted by atomic mass is 10.0. The lowest BCUT2D eigenvalue weighted by Gasteiger charge is -2.06. The van der Waals surface area contributed by atoms with Crippen molar-refractivity contribution in [1.29, 1.82) is 0 Å². The minimum absolute atomic E-state index is 0.267. The monoisotopic (exact) mass is 366 g/mol. The van der Waals surface area contributed by atoms with E-state index in [9.17, 15) is 4.39 Å². The number of nitrogens with zero attached hydrogens (tertiary/aromatic N) is 1. The molecule has 0 unspecified atom stereocenters. The molecule has 4 heteroatoms. The molecule has 4 aromatic rings. The first-order valence-electron chi connectivity index (χ1n) is 7.22. The second-order valence-electron chi connectivity index (χ2n) is 5.25. The molecule has 0 amide bonds. The number of para-hydroxylation sites is 1. The van der Waals surface area contributed by atoms with Crippen molar-refractivity contribution in [2.75, 3.05) is 0 Å². The number of halogens is 2. The highest BCUT2D eigenvalue weighted by molar-refractivity contribution is 9.10. The number of aromatic amines is 1. The van der Waals surface area contributed by atoms with Crippen molar-refractivity contribution in [2.24, 2.45) is 0 Å². The molecule has 0 radical (unpaired) electrons. The summed E-state index contributed by atoms with van der Waals surface area (Å²) in [5, 5.41) is 0. The highest BCUT2D eigenvalue weighted by atomic mass is 79.9. The second kappa shape index (κ2) is 5.63. The van der Waals surface area contributed by atoms with E-state index in [1.54, 1.807) is 6.07 Å². The number of rotatable bonds is 2. The van der Waals surface area contributed by atoms with E-state index in [0.717, 1.165) is 28.0 Å². The van der Waals surface area contributed by atoms with Gasteiger partial charge in [0.15, 0.2) is 0 Å². The second-order valence-corrected chi connectivity index (χ2v) is 6.10. The number of hydrogen-bond acceptors (Lipinski definition) is 1. The van der Waals surface area contributed by atoms with Gasteiger partial charge in [-0.25, -0.2) is 9.37 Å². The minimum atomic E-state index is -0.267. The van der Waals surface area contributed by atoms with E-state index in [0.29, 0.717) is 10.0 Å². The predicted octanol–water partition coefficient (Wildman–Crippen LogP) is 5.80. The van der Waals surface area contributed by atoms with Crippen LogP contribution in [-0.4, -0.2) is 9.97 Å². The third-order valence-corrected chi connectivity index (χ3v) is 4.45. The van der Waals surface area contributed by atoms with Gasteiger partial charge in [-0.15, -0.1) is 0 Å². The highest BCUT2D eigenvalue weighted by Crippen LogP contribution is 2.35. The average Bonchev–Trinajstić information content (AvgIpc) is 3.00. The zero-order valence-corrected chi connectivity index (χ0v) is 13.6. The van der Waals surface area contributed by atoms with E-state index >= 15 is 0 Å². The van der Waals surface area contributed by atoms with Crippen LogP contribution < -0.4 is 0 Å². The topological polar surface area (TPSA) is 28.7 Å². The molecule has 0 saturated carbocycles. The van der Waals surface area contributed by atoms with Crippen LogP contribution in [-0.2, 0) is 0 Å². The summed E-state index contributed by atoms with van der Waals surface area (Å²) in [5.74, 6) is 0.511. The maximum absolute atomic E-state index is 14.3. The summed E-state index contributed by atoms with van der Waals surface area (Å²) in [4.78, 5) is 8.01. The van der Waals surface area contributed by atoms with Crippen molar-refractivity contribution >= 4 is 27.0 Å². The highest BCUT2D eigenvalue weighted by Gasteiger charge is 2.15. The molecule has 1 aromatic heterocycles. The Labute approximate surface area is 141 Å². The van der Waals surface area contributed by atoms with Gasteiger partial charge in [-0.05, 0) is 18.2 Å². The van der Waals surface area contributed by atoms with Gasteiger partial charge >= 0.3 is 0 Å². The molecule has 0 bridgehead atoms.